The lowest BCUT2D eigenvalue weighted by atomic mass is 9.78. The maximum Gasteiger partial charge on any atom is 0.463 e. The van der Waals surface area contributed by atoms with Crippen LogP contribution in [0.5, 0.6) is 0 Å². The van der Waals surface area contributed by atoms with E-state index in [2.05, 4.69) is 44.7 Å². The summed E-state index contributed by atoms with van der Waals surface area (Å²) in [5.41, 5.74) is 0.922. The smallest absolute Gasteiger partial charge is 0.372 e. The third-order valence-electron chi connectivity index (χ3n) is 7.75. The maximum absolute atomic E-state index is 12.8. The Labute approximate surface area is 248 Å². The molecule has 0 radical (unpaired) electrons. The molecule has 0 atom stereocenters. The van der Waals surface area contributed by atoms with Crippen molar-refractivity contribution in [2.45, 2.75) is 63.2 Å². The first-order chi connectivity index (χ1) is 19.9. The van der Waals surface area contributed by atoms with Crippen molar-refractivity contribution in [2.75, 3.05) is 18.0 Å². The summed E-state index contributed by atoms with van der Waals surface area (Å²) < 4.78 is 73.5. The molecule has 3 aromatic rings. The number of anilines is 1. The average Bonchev–Trinajstić information content (AvgIpc) is 2.94. The van der Waals surface area contributed by atoms with Crippen LogP contribution in [0.4, 0.5) is 5.69 Å². The number of allylic oxidation sites excluding steroid dienone is 2. The fraction of sp³-hybridized carbons (Fsp3) is 0.355. The monoisotopic (exact) mass is 613 g/mol. The first-order valence-corrected chi connectivity index (χ1v) is 17.1. The minimum absolute atomic E-state index is 0.0915. The molecule has 0 saturated heterocycles. The van der Waals surface area contributed by atoms with Crippen LogP contribution in [-0.4, -0.2) is 49.4 Å². The highest BCUT2D eigenvalue weighted by atomic mass is 32.2. The molecule has 2 N–H and O–H groups in total. The average molecular weight is 614 g/mol. The van der Waals surface area contributed by atoms with Crippen LogP contribution in [-0.2, 0) is 20.2 Å². The molecule has 0 bridgehead atoms. The second-order valence-corrected chi connectivity index (χ2v) is 13.3. The van der Waals surface area contributed by atoms with Crippen molar-refractivity contribution < 1.29 is 35.1 Å². The van der Waals surface area contributed by atoms with Gasteiger partial charge in [-0.3, -0.25) is 9.11 Å². The second kappa shape index (κ2) is 12.5. The first kappa shape index (κ1) is 31.6. The number of nitrogens with zero attached hydrogens (tertiary/aromatic N) is 3. The lowest BCUT2D eigenvalue weighted by molar-refractivity contribution is -0.605. The van der Waals surface area contributed by atoms with Crippen molar-refractivity contribution in [1.29, 1.82) is 0 Å². The molecule has 2 aromatic carbocycles. The summed E-state index contributed by atoms with van der Waals surface area (Å²) in [7, 11) is -9.36. The van der Waals surface area contributed by atoms with Crippen molar-refractivity contribution in [3.05, 3.63) is 85.0 Å². The van der Waals surface area contributed by atoms with E-state index in [0.717, 1.165) is 44.5 Å². The van der Waals surface area contributed by atoms with E-state index in [0.29, 0.717) is 11.2 Å². The zero-order valence-electron chi connectivity index (χ0n) is 24.4. The van der Waals surface area contributed by atoms with Crippen molar-refractivity contribution in [3.63, 3.8) is 0 Å². The van der Waals surface area contributed by atoms with Crippen molar-refractivity contribution >= 4 is 42.5 Å². The quantitative estimate of drug-likeness (QED) is 0.179. The standard InChI is InChI=1S/C31H37N3O6S2/c1-5-15-31(16-6-2)17-21-34(22-18-31)30(33-19-13-25(14-20-33)32(7-3)8-4)29-27-23-26(41(35,36)37)11-9-24(27)10-12-28(29)42(38,39)40/h9-14,17-23H,5-8,15-16H2,1-4H3/p+2. The van der Waals surface area contributed by atoms with Gasteiger partial charge < -0.3 is 4.90 Å². The van der Waals surface area contributed by atoms with E-state index in [1.54, 1.807) is 9.14 Å². The Morgan fingerprint density at radius 3 is 1.88 bits per heavy atom. The molecule has 224 valence electrons. The number of benzene rings is 2. The van der Waals surface area contributed by atoms with E-state index in [4.69, 9.17) is 0 Å². The molecule has 42 heavy (non-hydrogen) atoms. The summed E-state index contributed by atoms with van der Waals surface area (Å²) in [5.74, 6) is 0.362. The lowest BCUT2D eigenvalue weighted by Gasteiger charge is -2.26. The summed E-state index contributed by atoms with van der Waals surface area (Å²) in [5, 5.41) is 0.760. The molecule has 0 unspecified atom stereocenters. The normalized spacial score (nSPS) is 14.9. The fourth-order valence-corrected chi connectivity index (χ4v) is 6.93. The van der Waals surface area contributed by atoms with E-state index < -0.39 is 25.1 Å². The SMILES string of the molecule is CCCC1(CCC)C=C[N+](=C(c2c(S(=O)(=O)O)ccc3ccc(S(=O)(=O)O)cc23)[n+]2ccc(N(CC)CC)cc2)C=C1. The molecule has 0 spiro atoms. The van der Waals surface area contributed by atoms with Gasteiger partial charge in [0.2, 0.25) is 0 Å². The van der Waals surface area contributed by atoms with Gasteiger partial charge in [-0.2, -0.15) is 16.8 Å². The predicted molar refractivity (Wildman–Crippen MR) is 164 cm³/mol. The van der Waals surface area contributed by atoms with Gasteiger partial charge in [0.1, 0.15) is 10.5 Å². The third kappa shape index (κ3) is 6.49. The number of pyridine rings is 1. The molecule has 4 rings (SSSR count). The Balaban J connectivity index is 2.12. The molecular formula is C31H39N3O6S2+2. The van der Waals surface area contributed by atoms with E-state index in [1.165, 1.54) is 30.3 Å². The summed E-state index contributed by atoms with van der Waals surface area (Å²) >= 11 is 0. The molecule has 11 heteroatoms. The van der Waals surface area contributed by atoms with Crippen LogP contribution in [0.1, 0.15) is 58.9 Å². The van der Waals surface area contributed by atoms with Crippen LogP contribution in [0.25, 0.3) is 10.8 Å². The van der Waals surface area contributed by atoms with E-state index in [9.17, 15) is 25.9 Å². The highest BCUT2D eigenvalue weighted by Crippen LogP contribution is 2.36. The molecule has 1 aliphatic heterocycles. The van der Waals surface area contributed by atoms with E-state index >= 15 is 0 Å². The molecule has 0 aliphatic carbocycles. The van der Waals surface area contributed by atoms with Crippen LogP contribution < -0.4 is 9.47 Å². The van der Waals surface area contributed by atoms with E-state index in [-0.39, 0.29) is 21.3 Å². The van der Waals surface area contributed by atoms with E-state index in [1.807, 2.05) is 36.9 Å². The van der Waals surface area contributed by atoms with Crippen molar-refractivity contribution in [1.82, 2.24) is 0 Å². The minimum Gasteiger partial charge on any atom is -0.372 e. The molecule has 1 aliphatic rings. The van der Waals surface area contributed by atoms with Crippen LogP contribution >= 0.6 is 0 Å². The fourth-order valence-electron chi connectivity index (χ4n) is 5.73. The van der Waals surface area contributed by atoms with Gasteiger partial charge in [0.25, 0.3) is 20.2 Å². The van der Waals surface area contributed by atoms with Gasteiger partial charge in [0, 0.05) is 41.7 Å². The van der Waals surface area contributed by atoms with Gasteiger partial charge in [-0.25, -0.2) is 0 Å². The summed E-state index contributed by atoms with van der Waals surface area (Å²) in [6.07, 6.45) is 15.5. The summed E-state index contributed by atoms with van der Waals surface area (Å²) in [4.78, 5) is 1.40. The molecule has 1 aromatic heterocycles. The molecule has 0 fully saturated rings. The molecule has 0 saturated carbocycles. The Morgan fingerprint density at radius 1 is 0.810 bits per heavy atom. The summed E-state index contributed by atoms with van der Waals surface area (Å²) in [6.45, 7) is 10.0. The van der Waals surface area contributed by atoms with Crippen LogP contribution in [0.15, 0.2) is 89.2 Å². The van der Waals surface area contributed by atoms with Gasteiger partial charge in [-0.15, -0.1) is 9.14 Å². The Kier molecular flexibility index (Phi) is 9.36. The van der Waals surface area contributed by atoms with Crippen molar-refractivity contribution in [2.24, 2.45) is 5.41 Å². The van der Waals surface area contributed by atoms with Gasteiger partial charge in [0.05, 0.1) is 4.90 Å². The number of aromatic nitrogens is 1. The largest absolute Gasteiger partial charge is 0.463 e. The highest BCUT2D eigenvalue weighted by molar-refractivity contribution is 7.86. The Hall–Kier alpha value is -3.38. The summed E-state index contributed by atoms with van der Waals surface area (Å²) in [6, 6.07) is 10.6. The van der Waals surface area contributed by atoms with Crippen molar-refractivity contribution in [3.8, 4) is 0 Å². The number of rotatable bonds is 10. The molecule has 0 amide bonds. The first-order valence-electron chi connectivity index (χ1n) is 14.2. The molecule has 2 heterocycles. The maximum atomic E-state index is 12.8. The topological polar surface area (TPSA) is 119 Å². The van der Waals surface area contributed by atoms with Crippen LogP contribution in [0, 0.1) is 5.41 Å². The van der Waals surface area contributed by atoms with Gasteiger partial charge in [-0.1, -0.05) is 38.8 Å². The zero-order valence-corrected chi connectivity index (χ0v) is 26.1. The van der Waals surface area contributed by atoms with Gasteiger partial charge in [-0.05, 0) is 62.4 Å². The Bertz CT molecular complexity index is 1740. The lowest BCUT2D eigenvalue weighted by Crippen LogP contribution is -2.48. The Morgan fingerprint density at radius 2 is 1.38 bits per heavy atom. The number of hydrogen-bond donors (Lipinski definition) is 2. The van der Waals surface area contributed by atoms with Gasteiger partial charge >= 0.3 is 5.84 Å². The third-order valence-corrected chi connectivity index (χ3v) is 9.49. The van der Waals surface area contributed by atoms with Crippen LogP contribution in [0.2, 0.25) is 0 Å². The number of fused-ring (bicyclic) bond motifs is 1. The van der Waals surface area contributed by atoms with Gasteiger partial charge in [0.15, 0.2) is 24.8 Å². The minimum atomic E-state index is -4.76. The highest BCUT2D eigenvalue weighted by Gasteiger charge is 2.37. The molecule has 9 nitrogen and oxygen atoms in total. The number of hydrogen-bond acceptors (Lipinski definition) is 5. The zero-order chi connectivity index (χ0) is 30.7. The van der Waals surface area contributed by atoms with Crippen LogP contribution in [0.3, 0.4) is 0 Å². The molecular weight excluding hydrogens is 574 g/mol. The predicted octanol–water partition coefficient (Wildman–Crippen LogP) is 5.40. The second-order valence-electron chi connectivity index (χ2n) is 10.5.